The van der Waals surface area contributed by atoms with E-state index in [1.54, 1.807) is 0 Å². The number of nitrogens with zero attached hydrogens (tertiary/aromatic N) is 2. The molecule has 0 bridgehead atoms. The highest BCUT2D eigenvalue weighted by molar-refractivity contribution is 7.14. The third-order valence-electron chi connectivity index (χ3n) is 11.8. The molecular formula is C52H42N2Si. The SMILES string of the molecule is CC(C)(C)[Si](c1ccccc1)(c1ccccc1)c1cccc2c3ccccc3n(-c3ccc4c5ccccc5n(-c5ccccc5-c5ccccc5)c4c3)c12. The maximum atomic E-state index is 2.57. The highest BCUT2D eigenvalue weighted by atomic mass is 28.3. The van der Waals surface area contributed by atoms with Crippen LogP contribution in [0.5, 0.6) is 0 Å². The molecule has 0 amide bonds. The summed E-state index contributed by atoms with van der Waals surface area (Å²) >= 11 is 0. The molecule has 0 aliphatic rings. The fraction of sp³-hybridized carbons (Fsp3) is 0.0769. The standard InChI is InChI=1S/C52H42N2Si/c1-52(2,3)55(39-22-9-5-10-23-39,40-24-11-6-12-25-40)50-33-19-29-45-43-28-15-17-31-47(43)53(51(45)50)38-34-35-44-42-27-14-18-32-48(42)54(49(44)36-38)46-30-16-13-26-41(46)37-20-7-4-8-21-37/h4-36H,1-3H3. The molecule has 0 N–H and O–H groups in total. The van der Waals surface area contributed by atoms with Crippen molar-refractivity contribution in [1.82, 2.24) is 9.13 Å². The van der Waals surface area contributed by atoms with Crippen LogP contribution in [0.25, 0.3) is 66.1 Å². The third kappa shape index (κ3) is 5.00. The molecular weight excluding hydrogens is 681 g/mol. The molecule has 10 aromatic rings. The average molecular weight is 723 g/mol. The van der Waals surface area contributed by atoms with Crippen LogP contribution in [0.15, 0.2) is 200 Å². The topological polar surface area (TPSA) is 9.86 Å². The smallest absolute Gasteiger partial charge is 0.156 e. The van der Waals surface area contributed by atoms with Gasteiger partial charge in [0.2, 0.25) is 0 Å². The van der Waals surface area contributed by atoms with Crippen LogP contribution < -0.4 is 15.6 Å². The number of fused-ring (bicyclic) bond motifs is 6. The molecule has 0 saturated heterocycles. The van der Waals surface area contributed by atoms with Gasteiger partial charge in [-0.05, 0) is 56.5 Å². The summed E-state index contributed by atoms with van der Waals surface area (Å²) in [7, 11) is -2.73. The lowest BCUT2D eigenvalue weighted by Gasteiger charge is -2.45. The molecule has 0 aliphatic carbocycles. The summed E-state index contributed by atoms with van der Waals surface area (Å²) in [5.74, 6) is 0. The summed E-state index contributed by atoms with van der Waals surface area (Å²) in [5, 5.41) is 9.27. The predicted octanol–water partition coefficient (Wildman–Crippen LogP) is 11.8. The van der Waals surface area contributed by atoms with E-state index >= 15 is 0 Å². The van der Waals surface area contributed by atoms with Gasteiger partial charge in [0, 0.05) is 32.8 Å². The maximum Gasteiger partial charge on any atom is 0.156 e. The van der Waals surface area contributed by atoms with E-state index in [2.05, 4.69) is 230 Å². The van der Waals surface area contributed by atoms with Gasteiger partial charge >= 0.3 is 0 Å². The summed E-state index contributed by atoms with van der Waals surface area (Å²) in [4.78, 5) is 0. The van der Waals surface area contributed by atoms with E-state index in [1.165, 1.54) is 76.0 Å². The molecule has 264 valence electrons. The number of hydrogen-bond donors (Lipinski definition) is 0. The Morgan fingerprint density at radius 2 is 0.909 bits per heavy atom. The molecule has 0 unspecified atom stereocenters. The minimum atomic E-state index is -2.73. The number of benzene rings is 8. The van der Waals surface area contributed by atoms with Crippen LogP contribution >= 0.6 is 0 Å². The molecule has 0 atom stereocenters. The Morgan fingerprint density at radius 1 is 0.400 bits per heavy atom. The molecule has 0 aliphatic heterocycles. The largest absolute Gasteiger partial charge is 0.309 e. The Hall–Kier alpha value is -6.42. The lowest BCUT2D eigenvalue weighted by molar-refractivity contribution is 0.739. The van der Waals surface area contributed by atoms with Gasteiger partial charge in [0.05, 0.1) is 27.8 Å². The van der Waals surface area contributed by atoms with Gasteiger partial charge in [-0.1, -0.05) is 191 Å². The van der Waals surface area contributed by atoms with Crippen LogP contribution in [0.2, 0.25) is 5.04 Å². The van der Waals surface area contributed by atoms with E-state index in [4.69, 9.17) is 0 Å². The number of para-hydroxylation sites is 4. The Labute approximate surface area is 323 Å². The van der Waals surface area contributed by atoms with Gasteiger partial charge < -0.3 is 9.13 Å². The number of rotatable bonds is 6. The van der Waals surface area contributed by atoms with E-state index in [9.17, 15) is 0 Å². The van der Waals surface area contributed by atoms with Gasteiger partial charge in [0.1, 0.15) is 0 Å². The monoisotopic (exact) mass is 722 g/mol. The first-order valence-corrected chi connectivity index (χ1v) is 21.3. The van der Waals surface area contributed by atoms with Crippen LogP contribution in [0.3, 0.4) is 0 Å². The molecule has 2 heterocycles. The molecule has 2 nitrogen and oxygen atoms in total. The molecule has 10 rings (SSSR count). The van der Waals surface area contributed by atoms with Gasteiger partial charge in [-0.3, -0.25) is 0 Å². The lowest BCUT2D eigenvalue weighted by Crippen LogP contribution is -2.72. The molecule has 8 aromatic carbocycles. The summed E-state index contributed by atoms with van der Waals surface area (Å²) < 4.78 is 5.05. The molecule has 2 aromatic heterocycles. The van der Waals surface area contributed by atoms with Crippen molar-refractivity contribution in [3.8, 4) is 22.5 Å². The van der Waals surface area contributed by atoms with Crippen LogP contribution in [0, 0.1) is 0 Å². The van der Waals surface area contributed by atoms with Gasteiger partial charge in [-0.25, -0.2) is 0 Å². The molecule has 3 heteroatoms. The Kier molecular flexibility index (Phi) is 7.76. The maximum absolute atomic E-state index is 2.73. The Bertz CT molecular complexity index is 2960. The Balaban J connectivity index is 1.34. The van der Waals surface area contributed by atoms with Gasteiger partial charge in [-0.2, -0.15) is 0 Å². The predicted molar refractivity (Wildman–Crippen MR) is 238 cm³/mol. The molecule has 55 heavy (non-hydrogen) atoms. The molecule has 0 fully saturated rings. The van der Waals surface area contributed by atoms with E-state index in [-0.39, 0.29) is 5.04 Å². The zero-order chi connectivity index (χ0) is 37.1. The van der Waals surface area contributed by atoms with Gasteiger partial charge in [0.25, 0.3) is 0 Å². The second kappa shape index (κ2) is 12.9. The van der Waals surface area contributed by atoms with E-state index in [0.29, 0.717) is 0 Å². The third-order valence-corrected chi connectivity index (χ3v) is 17.6. The first kappa shape index (κ1) is 33.2. The fourth-order valence-electron chi connectivity index (χ4n) is 9.60. The minimum Gasteiger partial charge on any atom is -0.309 e. The van der Waals surface area contributed by atoms with Crippen molar-refractivity contribution in [3.05, 3.63) is 200 Å². The van der Waals surface area contributed by atoms with Crippen LogP contribution in [-0.2, 0) is 0 Å². The first-order valence-electron chi connectivity index (χ1n) is 19.3. The van der Waals surface area contributed by atoms with Crippen molar-refractivity contribution in [2.24, 2.45) is 0 Å². The zero-order valence-corrected chi connectivity index (χ0v) is 32.4. The zero-order valence-electron chi connectivity index (χ0n) is 31.4. The highest BCUT2D eigenvalue weighted by Crippen LogP contribution is 2.41. The fourth-order valence-corrected chi connectivity index (χ4v) is 15.4. The van der Waals surface area contributed by atoms with Crippen molar-refractivity contribution in [1.29, 1.82) is 0 Å². The van der Waals surface area contributed by atoms with Crippen molar-refractivity contribution in [3.63, 3.8) is 0 Å². The van der Waals surface area contributed by atoms with Gasteiger partial charge in [-0.15, -0.1) is 0 Å². The average Bonchev–Trinajstić information content (AvgIpc) is 3.75. The Morgan fingerprint density at radius 3 is 1.56 bits per heavy atom. The second-order valence-corrected chi connectivity index (χ2v) is 20.4. The number of hydrogen-bond acceptors (Lipinski definition) is 0. The van der Waals surface area contributed by atoms with Crippen LogP contribution in [-0.4, -0.2) is 17.2 Å². The summed E-state index contributed by atoms with van der Waals surface area (Å²) in [6, 6.07) is 74.3. The summed E-state index contributed by atoms with van der Waals surface area (Å²) in [6.07, 6.45) is 0. The molecule has 0 saturated carbocycles. The van der Waals surface area contributed by atoms with Gasteiger partial charge in [0.15, 0.2) is 8.07 Å². The van der Waals surface area contributed by atoms with E-state index in [0.717, 1.165) is 5.69 Å². The molecule has 0 radical (unpaired) electrons. The minimum absolute atomic E-state index is 0.0667. The van der Waals surface area contributed by atoms with Crippen molar-refractivity contribution >= 4 is 67.2 Å². The van der Waals surface area contributed by atoms with Crippen LogP contribution in [0.4, 0.5) is 0 Å². The van der Waals surface area contributed by atoms with Crippen molar-refractivity contribution in [2.75, 3.05) is 0 Å². The molecule has 0 spiro atoms. The van der Waals surface area contributed by atoms with Crippen LogP contribution in [0.1, 0.15) is 20.8 Å². The summed E-state index contributed by atoms with van der Waals surface area (Å²) in [5.41, 5.74) is 9.65. The summed E-state index contributed by atoms with van der Waals surface area (Å²) in [6.45, 7) is 7.37. The second-order valence-electron chi connectivity index (χ2n) is 15.7. The van der Waals surface area contributed by atoms with Crippen molar-refractivity contribution in [2.45, 2.75) is 25.8 Å². The first-order chi connectivity index (χ1) is 27.0. The normalized spacial score (nSPS) is 12.3. The van der Waals surface area contributed by atoms with Crippen molar-refractivity contribution < 1.29 is 0 Å². The lowest BCUT2D eigenvalue weighted by atomic mass is 10.0. The quantitative estimate of drug-likeness (QED) is 0.119. The highest BCUT2D eigenvalue weighted by Gasteiger charge is 2.50. The van der Waals surface area contributed by atoms with E-state index in [1.807, 2.05) is 0 Å². The number of aromatic nitrogens is 2. The van der Waals surface area contributed by atoms with E-state index < -0.39 is 8.07 Å².